The SMILES string of the molecule is CN(Cc1ccsc1)C(=O)C1NNC(N)C1c1ccccc1. The molecule has 1 fully saturated rings. The van der Waals surface area contributed by atoms with Crippen molar-refractivity contribution in [1.29, 1.82) is 0 Å². The van der Waals surface area contributed by atoms with Gasteiger partial charge in [-0.2, -0.15) is 11.3 Å². The Morgan fingerprint density at radius 2 is 2.05 bits per heavy atom. The Labute approximate surface area is 134 Å². The molecule has 1 aromatic carbocycles. The zero-order valence-electron chi connectivity index (χ0n) is 12.4. The van der Waals surface area contributed by atoms with E-state index in [0.717, 1.165) is 11.1 Å². The van der Waals surface area contributed by atoms with Crippen LogP contribution in [-0.4, -0.2) is 30.1 Å². The molecule has 3 rings (SSSR count). The van der Waals surface area contributed by atoms with Crippen molar-refractivity contribution >= 4 is 17.2 Å². The first-order valence-electron chi connectivity index (χ1n) is 7.24. The summed E-state index contributed by atoms with van der Waals surface area (Å²) in [6.07, 6.45) is -0.286. The van der Waals surface area contributed by atoms with Gasteiger partial charge >= 0.3 is 0 Å². The van der Waals surface area contributed by atoms with Crippen LogP contribution in [0.2, 0.25) is 0 Å². The van der Waals surface area contributed by atoms with Crippen LogP contribution in [0.15, 0.2) is 47.2 Å². The molecular weight excluding hydrogens is 296 g/mol. The highest BCUT2D eigenvalue weighted by atomic mass is 32.1. The fourth-order valence-electron chi connectivity index (χ4n) is 2.84. The first-order chi connectivity index (χ1) is 10.7. The Morgan fingerprint density at radius 3 is 2.73 bits per heavy atom. The molecule has 1 aromatic heterocycles. The van der Waals surface area contributed by atoms with Crippen molar-refractivity contribution in [2.24, 2.45) is 5.73 Å². The highest BCUT2D eigenvalue weighted by Crippen LogP contribution is 2.26. The Bertz CT molecular complexity index is 616. The smallest absolute Gasteiger partial charge is 0.241 e. The van der Waals surface area contributed by atoms with E-state index in [9.17, 15) is 4.79 Å². The standard InChI is InChI=1S/C16H20N4OS/c1-20(9-11-7-8-22-10-11)16(21)14-13(15(17)19-18-14)12-5-3-2-4-6-12/h2-8,10,13-15,18-19H,9,17H2,1H3. The third-order valence-electron chi connectivity index (χ3n) is 3.98. The second-order valence-corrected chi connectivity index (χ2v) is 6.33. The minimum Gasteiger partial charge on any atom is -0.340 e. The number of nitrogens with two attached hydrogens (primary N) is 1. The summed E-state index contributed by atoms with van der Waals surface area (Å²) in [7, 11) is 1.83. The van der Waals surface area contributed by atoms with E-state index in [0.29, 0.717) is 6.54 Å². The lowest BCUT2D eigenvalue weighted by Crippen LogP contribution is -2.45. The Kier molecular flexibility index (Phi) is 4.54. The molecule has 3 atom stereocenters. The number of thiophene rings is 1. The number of hydrazine groups is 1. The minimum absolute atomic E-state index is 0.0421. The maximum absolute atomic E-state index is 12.8. The molecule has 2 aromatic rings. The largest absolute Gasteiger partial charge is 0.340 e. The summed E-state index contributed by atoms with van der Waals surface area (Å²) in [6, 6.07) is 11.6. The van der Waals surface area contributed by atoms with E-state index in [2.05, 4.69) is 16.2 Å². The van der Waals surface area contributed by atoms with E-state index in [-0.39, 0.29) is 24.0 Å². The zero-order valence-corrected chi connectivity index (χ0v) is 13.2. The maximum atomic E-state index is 12.8. The van der Waals surface area contributed by atoms with Gasteiger partial charge in [-0.25, -0.2) is 10.9 Å². The van der Waals surface area contributed by atoms with Crippen molar-refractivity contribution in [3.63, 3.8) is 0 Å². The number of nitrogens with one attached hydrogen (secondary N) is 2. The van der Waals surface area contributed by atoms with Gasteiger partial charge < -0.3 is 10.6 Å². The Balaban J connectivity index is 1.76. The van der Waals surface area contributed by atoms with Crippen molar-refractivity contribution in [3.05, 3.63) is 58.3 Å². The molecule has 5 nitrogen and oxygen atoms in total. The number of carbonyl (C=O) groups is 1. The van der Waals surface area contributed by atoms with Gasteiger partial charge in [-0.15, -0.1) is 0 Å². The van der Waals surface area contributed by atoms with E-state index in [1.807, 2.05) is 48.8 Å². The summed E-state index contributed by atoms with van der Waals surface area (Å²) >= 11 is 1.64. The molecule has 22 heavy (non-hydrogen) atoms. The van der Waals surface area contributed by atoms with E-state index < -0.39 is 0 Å². The molecule has 1 saturated heterocycles. The highest BCUT2D eigenvalue weighted by Gasteiger charge is 2.40. The summed E-state index contributed by atoms with van der Waals surface area (Å²) < 4.78 is 0. The second-order valence-electron chi connectivity index (χ2n) is 5.55. The van der Waals surface area contributed by atoms with Crippen molar-refractivity contribution in [1.82, 2.24) is 15.8 Å². The van der Waals surface area contributed by atoms with Gasteiger partial charge in [-0.1, -0.05) is 30.3 Å². The van der Waals surface area contributed by atoms with Crippen LogP contribution in [0.25, 0.3) is 0 Å². The molecule has 0 radical (unpaired) electrons. The number of hydrogen-bond donors (Lipinski definition) is 3. The van der Waals surface area contributed by atoms with Crippen molar-refractivity contribution in [3.8, 4) is 0 Å². The van der Waals surface area contributed by atoms with E-state index in [4.69, 9.17) is 5.73 Å². The Morgan fingerprint density at radius 1 is 1.27 bits per heavy atom. The van der Waals surface area contributed by atoms with Crippen LogP contribution in [0.4, 0.5) is 0 Å². The highest BCUT2D eigenvalue weighted by molar-refractivity contribution is 7.07. The molecular formula is C16H20N4OS. The first kappa shape index (κ1) is 15.2. The van der Waals surface area contributed by atoms with Gasteiger partial charge in [-0.05, 0) is 28.0 Å². The first-order valence-corrected chi connectivity index (χ1v) is 8.19. The molecule has 1 amide bonds. The molecule has 4 N–H and O–H groups in total. The van der Waals surface area contributed by atoms with Gasteiger partial charge in [0.15, 0.2) is 0 Å². The molecule has 2 heterocycles. The molecule has 1 aliphatic rings. The average molecular weight is 316 g/mol. The van der Waals surface area contributed by atoms with E-state index >= 15 is 0 Å². The number of rotatable bonds is 4. The Hall–Kier alpha value is -1.73. The predicted octanol–water partition coefficient (Wildman–Crippen LogP) is 1.25. The third-order valence-corrected chi connectivity index (χ3v) is 4.71. The summed E-state index contributed by atoms with van der Waals surface area (Å²) in [5.41, 5.74) is 14.4. The molecule has 6 heteroatoms. The maximum Gasteiger partial charge on any atom is 0.241 e. The van der Waals surface area contributed by atoms with Crippen LogP contribution in [0.5, 0.6) is 0 Å². The number of amides is 1. The average Bonchev–Trinajstić information content (AvgIpc) is 3.17. The predicted molar refractivity (Wildman–Crippen MR) is 88.0 cm³/mol. The third kappa shape index (κ3) is 3.05. The molecule has 0 spiro atoms. The lowest BCUT2D eigenvalue weighted by atomic mass is 9.90. The lowest BCUT2D eigenvalue weighted by Gasteiger charge is -2.25. The van der Waals surface area contributed by atoms with Crippen molar-refractivity contribution in [2.75, 3.05) is 7.05 Å². The van der Waals surface area contributed by atoms with Crippen molar-refractivity contribution in [2.45, 2.75) is 24.7 Å². The van der Waals surface area contributed by atoms with Gasteiger partial charge in [0.1, 0.15) is 6.04 Å². The fourth-order valence-corrected chi connectivity index (χ4v) is 3.49. The second kappa shape index (κ2) is 6.58. The van der Waals surface area contributed by atoms with Gasteiger partial charge in [0.25, 0.3) is 0 Å². The molecule has 0 bridgehead atoms. The van der Waals surface area contributed by atoms with Gasteiger partial charge in [-0.3, -0.25) is 4.79 Å². The van der Waals surface area contributed by atoms with E-state index in [1.54, 1.807) is 16.2 Å². The van der Waals surface area contributed by atoms with Crippen LogP contribution in [0.1, 0.15) is 17.0 Å². The number of likely N-dealkylation sites (N-methyl/N-ethyl adjacent to an activating group) is 1. The molecule has 0 aliphatic carbocycles. The summed E-state index contributed by atoms with van der Waals surface area (Å²) in [4.78, 5) is 14.5. The van der Waals surface area contributed by atoms with Crippen LogP contribution in [-0.2, 0) is 11.3 Å². The van der Waals surface area contributed by atoms with Crippen LogP contribution < -0.4 is 16.6 Å². The summed E-state index contributed by atoms with van der Waals surface area (Å²) in [6.45, 7) is 0.608. The van der Waals surface area contributed by atoms with Gasteiger partial charge in [0, 0.05) is 19.5 Å². The summed E-state index contributed by atoms with van der Waals surface area (Å²) in [5.74, 6) is -0.0425. The normalized spacial score (nSPS) is 24.4. The van der Waals surface area contributed by atoms with Gasteiger partial charge in [0.05, 0.1) is 6.17 Å². The number of hydrogen-bond acceptors (Lipinski definition) is 5. The fraction of sp³-hybridized carbons (Fsp3) is 0.312. The zero-order chi connectivity index (χ0) is 15.5. The lowest BCUT2D eigenvalue weighted by molar-refractivity contribution is -0.132. The van der Waals surface area contributed by atoms with Crippen LogP contribution >= 0.6 is 11.3 Å². The molecule has 0 saturated carbocycles. The monoisotopic (exact) mass is 316 g/mol. The quantitative estimate of drug-likeness (QED) is 0.794. The summed E-state index contributed by atoms with van der Waals surface area (Å²) in [5, 5.41) is 4.08. The van der Waals surface area contributed by atoms with E-state index in [1.165, 1.54) is 0 Å². The van der Waals surface area contributed by atoms with Crippen LogP contribution in [0, 0.1) is 0 Å². The van der Waals surface area contributed by atoms with Crippen molar-refractivity contribution < 1.29 is 4.79 Å². The van der Waals surface area contributed by atoms with Gasteiger partial charge in [0.2, 0.25) is 5.91 Å². The van der Waals surface area contributed by atoms with Crippen LogP contribution in [0.3, 0.4) is 0 Å². The number of carbonyl (C=O) groups excluding carboxylic acids is 1. The topological polar surface area (TPSA) is 70.4 Å². The number of benzene rings is 1. The molecule has 116 valence electrons. The molecule has 1 aliphatic heterocycles. The molecule has 3 unspecified atom stereocenters. The minimum atomic E-state index is -0.360. The number of nitrogens with zero attached hydrogens (tertiary/aromatic N) is 1.